The molecule has 0 aromatic carbocycles. The molecular weight excluding hydrogens is 220 g/mol. The number of nitrogens with zero attached hydrogens (tertiary/aromatic N) is 4. The maximum Gasteiger partial charge on any atom is 0.277 e. The molecule has 1 aromatic rings. The number of carbonyl (C=O) groups excluding carboxylic acids is 1. The van der Waals surface area contributed by atoms with Crippen LogP contribution in [0, 0.1) is 0 Å². The molecule has 0 spiro atoms. The van der Waals surface area contributed by atoms with Gasteiger partial charge >= 0.3 is 0 Å². The number of aliphatic imine (C=N–C) groups is 1. The van der Waals surface area contributed by atoms with Crippen LogP contribution in [0.3, 0.4) is 0 Å². The zero-order valence-corrected chi connectivity index (χ0v) is 10.4. The maximum atomic E-state index is 11.8. The fraction of sp³-hybridized carbons (Fsp3) is 0.364. The Kier molecular flexibility index (Phi) is 4.59. The van der Waals surface area contributed by atoms with Crippen LogP contribution in [0.5, 0.6) is 0 Å². The van der Waals surface area contributed by atoms with Gasteiger partial charge in [-0.25, -0.2) is 15.0 Å². The van der Waals surface area contributed by atoms with E-state index in [9.17, 15) is 4.79 Å². The Bertz CT molecular complexity index is 418. The molecule has 0 radical (unpaired) electrons. The van der Waals surface area contributed by atoms with Gasteiger partial charge in [0.1, 0.15) is 0 Å². The third-order valence-corrected chi connectivity index (χ3v) is 1.97. The molecule has 0 bridgehead atoms. The highest BCUT2D eigenvalue weighted by molar-refractivity contribution is 5.93. The fourth-order valence-electron chi connectivity index (χ4n) is 1.06. The average molecular weight is 236 g/mol. The third-order valence-electron chi connectivity index (χ3n) is 1.97. The predicted molar refractivity (Wildman–Crippen MR) is 65.2 cm³/mol. The summed E-state index contributed by atoms with van der Waals surface area (Å²) in [6.07, 6.45) is 3.16. The quantitative estimate of drug-likeness (QED) is 0.443. The SMILES string of the molecule is CON(C)C(=O)c1ccnc(/N=C/N(C)C)c1. The van der Waals surface area contributed by atoms with E-state index < -0.39 is 0 Å². The Morgan fingerprint density at radius 1 is 1.47 bits per heavy atom. The largest absolute Gasteiger partial charge is 0.369 e. The first-order valence-electron chi connectivity index (χ1n) is 5.03. The molecule has 1 aromatic heterocycles. The molecule has 0 atom stereocenters. The van der Waals surface area contributed by atoms with Gasteiger partial charge in [-0.2, -0.15) is 0 Å². The maximum absolute atomic E-state index is 11.8. The second kappa shape index (κ2) is 5.95. The smallest absolute Gasteiger partial charge is 0.277 e. The van der Waals surface area contributed by atoms with Crippen LogP contribution in [0.2, 0.25) is 0 Å². The zero-order valence-electron chi connectivity index (χ0n) is 10.4. The van der Waals surface area contributed by atoms with Gasteiger partial charge in [0.05, 0.1) is 13.4 Å². The number of rotatable bonds is 4. The molecule has 1 heterocycles. The van der Waals surface area contributed by atoms with Crippen molar-refractivity contribution in [3.63, 3.8) is 0 Å². The van der Waals surface area contributed by atoms with E-state index in [0.717, 1.165) is 5.06 Å². The van der Waals surface area contributed by atoms with Crippen LogP contribution in [0.15, 0.2) is 23.3 Å². The van der Waals surface area contributed by atoms with Crippen molar-refractivity contribution in [2.24, 2.45) is 4.99 Å². The summed E-state index contributed by atoms with van der Waals surface area (Å²) < 4.78 is 0. The normalized spacial score (nSPS) is 10.6. The Labute approximate surface area is 100 Å². The van der Waals surface area contributed by atoms with E-state index in [-0.39, 0.29) is 5.91 Å². The van der Waals surface area contributed by atoms with Crippen molar-refractivity contribution < 1.29 is 9.63 Å². The molecule has 0 aliphatic heterocycles. The molecule has 1 amide bonds. The first kappa shape index (κ1) is 13.1. The molecule has 92 valence electrons. The van der Waals surface area contributed by atoms with E-state index in [1.807, 2.05) is 14.1 Å². The van der Waals surface area contributed by atoms with Crippen LogP contribution >= 0.6 is 0 Å². The zero-order chi connectivity index (χ0) is 12.8. The fourth-order valence-corrected chi connectivity index (χ4v) is 1.06. The summed E-state index contributed by atoms with van der Waals surface area (Å²) in [6.45, 7) is 0. The lowest BCUT2D eigenvalue weighted by atomic mass is 10.2. The number of amides is 1. The van der Waals surface area contributed by atoms with E-state index in [4.69, 9.17) is 4.84 Å². The first-order valence-corrected chi connectivity index (χ1v) is 5.03. The van der Waals surface area contributed by atoms with Crippen LogP contribution in [-0.2, 0) is 4.84 Å². The van der Waals surface area contributed by atoms with E-state index in [0.29, 0.717) is 11.4 Å². The van der Waals surface area contributed by atoms with Gasteiger partial charge < -0.3 is 4.90 Å². The van der Waals surface area contributed by atoms with E-state index in [1.165, 1.54) is 7.11 Å². The Morgan fingerprint density at radius 2 is 2.18 bits per heavy atom. The van der Waals surface area contributed by atoms with Crippen molar-refractivity contribution in [1.29, 1.82) is 0 Å². The molecule has 6 nitrogen and oxygen atoms in total. The van der Waals surface area contributed by atoms with Crippen LogP contribution in [0.25, 0.3) is 0 Å². The molecule has 0 saturated heterocycles. The molecule has 1 rings (SSSR count). The minimum Gasteiger partial charge on any atom is -0.369 e. The Hall–Kier alpha value is -1.95. The monoisotopic (exact) mass is 236 g/mol. The van der Waals surface area contributed by atoms with Gasteiger partial charge in [0.25, 0.3) is 5.91 Å². The molecule has 6 heteroatoms. The lowest BCUT2D eigenvalue weighted by Gasteiger charge is -2.13. The van der Waals surface area contributed by atoms with Crippen LogP contribution in [0.4, 0.5) is 5.82 Å². The molecule has 0 saturated carbocycles. The van der Waals surface area contributed by atoms with Crippen molar-refractivity contribution in [3.8, 4) is 0 Å². The van der Waals surface area contributed by atoms with E-state index >= 15 is 0 Å². The highest BCUT2D eigenvalue weighted by Gasteiger charge is 2.11. The van der Waals surface area contributed by atoms with Gasteiger partial charge in [-0.15, -0.1) is 0 Å². The summed E-state index contributed by atoms with van der Waals surface area (Å²) >= 11 is 0. The van der Waals surface area contributed by atoms with Crippen molar-refractivity contribution >= 4 is 18.1 Å². The second-order valence-electron chi connectivity index (χ2n) is 3.60. The summed E-state index contributed by atoms with van der Waals surface area (Å²) in [6, 6.07) is 3.23. The summed E-state index contributed by atoms with van der Waals surface area (Å²) in [5.74, 6) is 0.241. The van der Waals surface area contributed by atoms with Gasteiger partial charge in [-0.05, 0) is 12.1 Å². The number of aromatic nitrogens is 1. The van der Waals surface area contributed by atoms with Crippen LogP contribution < -0.4 is 0 Å². The van der Waals surface area contributed by atoms with Gasteiger partial charge in [-0.3, -0.25) is 9.63 Å². The minimum atomic E-state index is -0.240. The second-order valence-corrected chi connectivity index (χ2v) is 3.60. The standard InChI is InChI=1S/C11H16N4O2/c1-14(2)8-13-10-7-9(5-6-12-10)11(16)15(3)17-4/h5-8H,1-4H3/b13-8+. The first-order chi connectivity index (χ1) is 8.04. The molecule has 0 fully saturated rings. The molecule has 0 unspecified atom stereocenters. The number of hydroxylamine groups is 2. The molecule has 0 aliphatic carbocycles. The van der Waals surface area contributed by atoms with Gasteiger partial charge in [-0.1, -0.05) is 0 Å². The Morgan fingerprint density at radius 3 is 2.76 bits per heavy atom. The Balaban J connectivity index is 2.89. The number of hydrogen-bond acceptors (Lipinski definition) is 4. The average Bonchev–Trinajstić information content (AvgIpc) is 2.34. The molecular formula is C11H16N4O2. The lowest BCUT2D eigenvalue weighted by molar-refractivity contribution is -0.0757. The van der Waals surface area contributed by atoms with Gasteiger partial charge in [0.15, 0.2) is 5.82 Å². The molecule has 0 aliphatic rings. The van der Waals surface area contributed by atoms with E-state index in [1.54, 1.807) is 36.6 Å². The summed E-state index contributed by atoms with van der Waals surface area (Å²) in [5.41, 5.74) is 0.482. The van der Waals surface area contributed by atoms with Crippen molar-refractivity contribution in [1.82, 2.24) is 14.9 Å². The minimum absolute atomic E-state index is 0.240. The summed E-state index contributed by atoms with van der Waals surface area (Å²) in [4.78, 5) is 26.5. The van der Waals surface area contributed by atoms with Gasteiger partial charge in [0, 0.05) is 32.9 Å². The van der Waals surface area contributed by atoms with Crippen LogP contribution in [-0.4, -0.2) is 55.4 Å². The number of pyridine rings is 1. The topological polar surface area (TPSA) is 58.0 Å². The third kappa shape index (κ3) is 3.84. The van der Waals surface area contributed by atoms with Gasteiger partial charge in [0.2, 0.25) is 0 Å². The summed E-state index contributed by atoms with van der Waals surface area (Å²) in [5, 5.41) is 1.15. The highest BCUT2D eigenvalue weighted by atomic mass is 16.7. The van der Waals surface area contributed by atoms with Crippen LogP contribution in [0.1, 0.15) is 10.4 Å². The predicted octanol–water partition coefficient (Wildman–Crippen LogP) is 0.936. The number of carbonyl (C=O) groups is 1. The molecule has 0 N–H and O–H groups in total. The molecule has 17 heavy (non-hydrogen) atoms. The van der Waals surface area contributed by atoms with Crippen molar-refractivity contribution in [2.75, 3.05) is 28.3 Å². The van der Waals surface area contributed by atoms with Crippen molar-refractivity contribution in [2.45, 2.75) is 0 Å². The summed E-state index contributed by atoms with van der Waals surface area (Å²) in [7, 11) is 6.70. The highest BCUT2D eigenvalue weighted by Crippen LogP contribution is 2.11. The lowest BCUT2D eigenvalue weighted by Crippen LogP contribution is -2.25. The number of hydrogen-bond donors (Lipinski definition) is 0. The van der Waals surface area contributed by atoms with E-state index in [2.05, 4.69) is 9.98 Å². The van der Waals surface area contributed by atoms with Crippen molar-refractivity contribution in [3.05, 3.63) is 23.9 Å².